The van der Waals surface area contributed by atoms with E-state index >= 15 is 0 Å². The SMILES string of the molecule is C[C@H](NC(=O)C1CN1CCc1ccccn1)C(=O)OCc1ccccc1. The number of hydrogen-bond donors (Lipinski definition) is 1. The van der Waals surface area contributed by atoms with Crippen molar-refractivity contribution in [1.29, 1.82) is 0 Å². The Bertz CT molecular complexity index is 736. The van der Waals surface area contributed by atoms with Crippen molar-refractivity contribution in [2.75, 3.05) is 13.1 Å². The Morgan fingerprint density at radius 3 is 2.73 bits per heavy atom. The summed E-state index contributed by atoms with van der Waals surface area (Å²) in [6.45, 7) is 3.34. The highest BCUT2D eigenvalue weighted by atomic mass is 16.5. The number of ether oxygens (including phenoxy) is 1. The van der Waals surface area contributed by atoms with Crippen LogP contribution in [0.2, 0.25) is 0 Å². The topological polar surface area (TPSA) is 71.3 Å². The van der Waals surface area contributed by atoms with E-state index in [9.17, 15) is 9.59 Å². The van der Waals surface area contributed by atoms with E-state index in [1.807, 2.05) is 48.5 Å². The molecule has 136 valence electrons. The lowest BCUT2D eigenvalue weighted by Crippen LogP contribution is -2.42. The average molecular weight is 353 g/mol. The fourth-order valence-electron chi connectivity index (χ4n) is 2.70. The van der Waals surface area contributed by atoms with Gasteiger partial charge in [-0.05, 0) is 24.6 Å². The van der Waals surface area contributed by atoms with Crippen LogP contribution >= 0.6 is 0 Å². The number of nitrogens with one attached hydrogen (secondary N) is 1. The fraction of sp³-hybridized carbons (Fsp3) is 0.350. The average Bonchev–Trinajstić information content (AvgIpc) is 3.46. The van der Waals surface area contributed by atoms with E-state index in [0.29, 0.717) is 6.54 Å². The van der Waals surface area contributed by atoms with Crippen molar-refractivity contribution >= 4 is 11.9 Å². The predicted octanol–water partition coefficient (Wildman–Crippen LogP) is 1.56. The highest BCUT2D eigenvalue weighted by molar-refractivity contribution is 5.89. The van der Waals surface area contributed by atoms with Crippen molar-refractivity contribution in [2.24, 2.45) is 0 Å². The molecule has 1 fully saturated rings. The fourth-order valence-corrected chi connectivity index (χ4v) is 2.70. The van der Waals surface area contributed by atoms with Gasteiger partial charge in [-0.15, -0.1) is 0 Å². The molecule has 26 heavy (non-hydrogen) atoms. The molecule has 0 spiro atoms. The first-order valence-corrected chi connectivity index (χ1v) is 8.78. The summed E-state index contributed by atoms with van der Waals surface area (Å²) in [7, 11) is 0. The number of carbonyl (C=O) groups is 2. The van der Waals surface area contributed by atoms with Crippen molar-refractivity contribution in [3.63, 3.8) is 0 Å². The van der Waals surface area contributed by atoms with Gasteiger partial charge < -0.3 is 10.1 Å². The molecule has 6 heteroatoms. The second-order valence-electron chi connectivity index (χ2n) is 6.41. The second-order valence-corrected chi connectivity index (χ2v) is 6.41. The maximum Gasteiger partial charge on any atom is 0.328 e. The molecule has 3 rings (SSSR count). The summed E-state index contributed by atoms with van der Waals surface area (Å²) in [5.41, 5.74) is 1.93. The molecule has 1 amide bonds. The Morgan fingerprint density at radius 2 is 2.00 bits per heavy atom. The molecule has 6 nitrogen and oxygen atoms in total. The minimum atomic E-state index is -0.663. The number of benzene rings is 1. The van der Waals surface area contributed by atoms with E-state index in [4.69, 9.17) is 4.74 Å². The summed E-state index contributed by atoms with van der Waals surface area (Å²) < 4.78 is 5.25. The van der Waals surface area contributed by atoms with E-state index in [0.717, 1.165) is 24.2 Å². The zero-order valence-corrected chi connectivity index (χ0v) is 14.8. The van der Waals surface area contributed by atoms with Crippen LogP contribution in [-0.2, 0) is 27.4 Å². The van der Waals surface area contributed by atoms with Crippen molar-refractivity contribution in [3.8, 4) is 0 Å². The minimum absolute atomic E-state index is 0.129. The van der Waals surface area contributed by atoms with Crippen LogP contribution in [0.15, 0.2) is 54.7 Å². The normalized spacial score (nSPS) is 19.4. The van der Waals surface area contributed by atoms with Crippen LogP contribution in [0.4, 0.5) is 0 Å². The van der Waals surface area contributed by atoms with Gasteiger partial charge in [0.05, 0.1) is 0 Å². The predicted molar refractivity (Wildman–Crippen MR) is 97.1 cm³/mol. The molecule has 1 aliphatic rings. The lowest BCUT2D eigenvalue weighted by atomic mass is 10.2. The molecule has 1 aliphatic heterocycles. The highest BCUT2D eigenvalue weighted by Crippen LogP contribution is 2.18. The van der Waals surface area contributed by atoms with Gasteiger partial charge in [0.2, 0.25) is 5.91 Å². The lowest BCUT2D eigenvalue weighted by molar-refractivity contribution is -0.148. The molecule has 0 saturated carbocycles. The number of nitrogens with zero attached hydrogens (tertiary/aromatic N) is 2. The number of rotatable bonds is 8. The van der Waals surface area contributed by atoms with Crippen molar-refractivity contribution in [1.82, 2.24) is 15.2 Å². The van der Waals surface area contributed by atoms with E-state index in [2.05, 4.69) is 15.2 Å². The van der Waals surface area contributed by atoms with Gasteiger partial charge in [0.25, 0.3) is 0 Å². The lowest BCUT2D eigenvalue weighted by Gasteiger charge is -2.13. The van der Waals surface area contributed by atoms with Crippen LogP contribution in [0.25, 0.3) is 0 Å². The summed E-state index contributed by atoms with van der Waals surface area (Å²) >= 11 is 0. The Hall–Kier alpha value is -2.73. The van der Waals surface area contributed by atoms with Gasteiger partial charge in [-0.2, -0.15) is 0 Å². The Labute approximate surface area is 153 Å². The summed E-state index contributed by atoms with van der Waals surface area (Å²) in [6.07, 6.45) is 2.57. The molecule has 0 radical (unpaired) electrons. The molecule has 0 bridgehead atoms. The maximum absolute atomic E-state index is 12.2. The van der Waals surface area contributed by atoms with Crippen LogP contribution in [0.3, 0.4) is 0 Å². The quantitative estimate of drug-likeness (QED) is 0.576. The van der Waals surface area contributed by atoms with Crippen LogP contribution in [0.1, 0.15) is 18.2 Å². The smallest absolute Gasteiger partial charge is 0.328 e. The van der Waals surface area contributed by atoms with Gasteiger partial charge in [-0.25, -0.2) is 4.79 Å². The molecule has 2 heterocycles. The van der Waals surface area contributed by atoms with E-state index < -0.39 is 12.0 Å². The van der Waals surface area contributed by atoms with Gasteiger partial charge in [-0.1, -0.05) is 36.4 Å². The largest absolute Gasteiger partial charge is 0.459 e. The molecule has 1 aromatic heterocycles. The van der Waals surface area contributed by atoms with Gasteiger partial charge in [0.15, 0.2) is 0 Å². The zero-order valence-electron chi connectivity index (χ0n) is 14.8. The first kappa shape index (κ1) is 18.1. The van der Waals surface area contributed by atoms with Gasteiger partial charge in [0, 0.05) is 31.4 Å². The number of pyridine rings is 1. The molecule has 1 N–H and O–H groups in total. The Morgan fingerprint density at radius 1 is 1.23 bits per heavy atom. The third-order valence-electron chi connectivity index (χ3n) is 4.33. The molecule has 2 unspecified atom stereocenters. The molecule has 2 aromatic rings. The minimum Gasteiger partial charge on any atom is -0.459 e. The Balaban J connectivity index is 1.37. The van der Waals surface area contributed by atoms with E-state index in [1.165, 1.54) is 0 Å². The first-order chi connectivity index (χ1) is 12.6. The monoisotopic (exact) mass is 353 g/mol. The molecule has 3 atom stereocenters. The number of aromatic nitrogens is 1. The van der Waals surface area contributed by atoms with Gasteiger partial charge >= 0.3 is 5.97 Å². The Kier molecular flexibility index (Phi) is 5.96. The van der Waals surface area contributed by atoms with Crippen LogP contribution < -0.4 is 5.32 Å². The summed E-state index contributed by atoms with van der Waals surface area (Å²) in [6, 6.07) is 14.5. The molecule has 1 aromatic carbocycles. The zero-order chi connectivity index (χ0) is 18.4. The van der Waals surface area contributed by atoms with Crippen molar-refractivity contribution in [3.05, 3.63) is 66.0 Å². The number of esters is 1. The van der Waals surface area contributed by atoms with Gasteiger partial charge in [-0.3, -0.25) is 14.7 Å². The van der Waals surface area contributed by atoms with E-state index in [-0.39, 0.29) is 18.6 Å². The standard InChI is InChI=1S/C20H23N3O3/c1-15(20(25)26-14-16-7-3-2-4-8-16)22-19(24)18-13-23(18)12-10-17-9-5-6-11-21-17/h2-9,11,15,18H,10,12-14H2,1H3,(H,22,24)/t15-,18?,23?/m0/s1. The third kappa shape index (κ3) is 5.13. The van der Waals surface area contributed by atoms with Crippen LogP contribution in [0.5, 0.6) is 0 Å². The molecular formula is C20H23N3O3. The summed E-state index contributed by atoms with van der Waals surface area (Å²) in [5, 5.41) is 2.74. The summed E-state index contributed by atoms with van der Waals surface area (Å²) in [4.78, 5) is 30.6. The molecule has 0 aliphatic carbocycles. The first-order valence-electron chi connectivity index (χ1n) is 8.78. The van der Waals surface area contributed by atoms with Crippen LogP contribution in [-0.4, -0.2) is 46.9 Å². The second kappa shape index (κ2) is 8.58. The number of amides is 1. The summed E-state index contributed by atoms with van der Waals surface area (Å²) in [5.74, 6) is -0.557. The highest BCUT2D eigenvalue weighted by Gasteiger charge is 2.40. The third-order valence-corrected chi connectivity index (χ3v) is 4.33. The number of hydrogen-bond acceptors (Lipinski definition) is 5. The van der Waals surface area contributed by atoms with Crippen molar-refractivity contribution < 1.29 is 14.3 Å². The molecule has 1 saturated heterocycles. The molecular weight excluding hydrogens is 330 g/mol. The van der Waals surface area contributed by atoms with Crippen LogP contribution in [0, 0.1) is 0 Å². The number of carbonyl (C=O) groups excluding carboxylic acids is 2. The van der Waals surface area contributed by atoms with Gasteiger partial charge in [0.1, 0.15) is 18.7 Å². The maximum atomic E-state index is 12.2. The van der Waals surface area contributed by atoms with E-state index in [1.54, 1.807) is 13.1 Å². The van der Waals surface area contributed by atoms with Crippen molar-refractivity contribution in [2.45, 2.75) is 32.0 Å².